The van der Waals surface area contributed by atoms with E-state index in [-0.39, 0.29) is 18.4 Å². The highest BCUT2D eigenvalue weighted by Gasteiger charge is 2.26. The predicted molar refractivity (Wildman–Crippen MR) is 60.3 cm³/mol. The van der Waals surface area contributed by atoms with Gasteiger partial charge in [-0.3, -0.25) is 4.79 Å². The monoisotopic (exact) mass is 240 g/mol. The molecular weight excluding hydrogens is 228 g/mol. The maximum absolute atomic E-state index is 12.0. The van der Waals surface area contributed by atoms with E-state index in [9.17, 15) is 4.79 Å². The molecular formula is C11H13ClN2O2. The number of aromatic nitrogens is 1. The summed E-state index contributed by atoms with van der Waals surface area (Å²) in [5, 5.41) is 9.39. The Kier molecular flexibility index (Phi) is 3.41. The van der Waals surface area contributed by atoms with E-state index < -0.39 is 0 Å². The maximum atomic E-state index is 12.0. The van der Waals surface area contributed by atoms with E-state index in [1.54, 1.807) is 17.0 Å². The van der Waals surface area contributed by atoms with Gasteiger partial charge in [-0.2, -0.15) is 0 Å². The molecule has 2 rings (SSSR count). The van der Waals surface area contributed by atoms with Gasteiger partial charge in [0, 0.05) is 31.8 Å². The van der Waals surface area contributed by atoms with Crippen molar-refractivity contribution in [2.45, 2.75) is 6.42 Å². The first kappa shape index (κ1) is 11.4. The highest BCUT2D eigenvalue weighted by molar-refractivity contribution is 6.29. The Morgan fingerprint density at radius 1 is 1.62 bits per heavy atom. The Bertz CT molecular complexity index is 380. The van der Waals surface area contributed by atoms with Gasteiger partial charge in [-0.25, -0.2) is 4.98 Å². The zero-order valence-electron chi connectivity index (χ0n) is 8.77. The number of rotatable bonds is 2. The molecule has 1 aliphatic rings. The van der Waals surface area contributed by atoms with E-state index in [1.807, 2.05) is 0 Å². The molecule has 1 saturated heterocycles. The Balaban J connectivity index is 2.05. The maximum Gasteiger partial charge on any atom is 0.255 e. The Hall–Kier alpha value is -1.13. The summed E-state index contributed by atoms with van der Waals surface area (Å²) < 4.78 is 0. The summed E-state index contributed by atoms with van der Waals surface area (Å²) in [6, 6.07) is 3.28. The third-order valence-corrected chi connectivity index (χ3v) is 3.03. The van der Waals surface area contributed by atoms with Crippen LogP contribution in [0.1, 0.15) is 16.8 Å². The van der Waals surface area contributed by atoms with Gasteiger partial charge in [0.1, 0.15) is 5.15 Å². The van der Waals surface area contributed by atoms with E-state index >= 15 is 0 Å². The third-order valence-electron chi connectivity index (χ3n) is 2.81. The number of carbonyl (C=O) groups excluding carboxylic acids is 1. The second-order valence-corrected chi connectivity index (χ2v) is 4.35. The number of aliphatic hydroxyl groups is 1. The quantitative estimate of drug-likeness (QED) is 0.790. The molecule has 86 valence electrons. The summed E-state index contributed by atoms with van der Waals surface area (Å²) in [6.07, 6.45) is 2.35. The molecule has 5 heteroatoms. The number of carbonyl (C=O) groups is 1. The Morgan fingerprint density at radius 2 is 2.44 bits per heavy atom. The SMILES string of the molecule is O=C(c1ccc(Cl)nc1)N1CCC(CO)C1. The minimum absolute atomic E-state index is 0.0416. The summed E-state index contributed by atoms with van der Waals surface area (Å²) in [7, 11) is 0. The molecule has 1 amide bonds. The van der Waals surface area contributed by atoms with Gasteiger partial charge < -0.3 is 10.0 Å². The van der Waals surface area contributed by atoms with Crippen LogP contribution in [0.3, 0.4) is 0 Å². The van der Waals surface area contributed by atoms with Crippen LogP contribution in [0.25, 0.3) is 0 Å². The highest BCUT2D eigenvalue weighted by atomic mass is 35.5. The van der Waals surface area contributed by atoms with Gasteiger partial charge in [0.15, 0.2) is 0 Å². The number of aliphatic hydroxyl groups excluding tert-OH is 1. The zero-order chi connectivity index (χ0) is 11.5. The fraction of sp³-hybridized carbons (Fsp3) is 0.455. The molecule has 1 aliphatic heterocycles. The van der Waals surface area contributed by atoms with Crippen LogP contribution in [0.15, 0.2) is 18.3 Å². The first-order valence-electron chi connectivity index (χ1n) is 5.22. The second kappa shape index (κ2) is 4.80. The molecule has 16 heavy (non-hydrogen) atoms. The van der Waals surface area contributed by atoms with Crippen molar-refractivity contribution in [1.82, 2.24) is 9.88 Å². The minimum Gasteiger partial charge on any atom is -0.396 e. The molecule has 1 unspecified atom stereocenters. The van der Waals surface area contributed by atoms with Crippen LogP contribution in [0.5, 0.6) is 0 Å². The summed E-state index contributed by atoms with van der Waals surface area (Å²) >= 11 is 5.65. The average molecular weight is 241 g/mol. The van der Waals surface area contributed by atoms with Crippen molar-refractivity contribution < 1.29 is 9.90 Å². The summed E-state index contributed by atoms with van der Waals surface area (Å²) in [6.45, 7) is 1.47. The number of pyridine rings is 1. The standard InChI is InChI=1S/C11H13ClN2O2/c12-10-2-1-9(5-13-10)11(16)14-4-3-8(6-14)7-15/h1-2,5,8,15H,3-4,6-7H2. The van der Waals surface area contributed by atoms with Crippen molar-refractivity contribution in [3.05, 3.63) is 29.0 Å². The summed E-state index contributed by atoms with van der Waals surface area (Å²) in [5.41, 5.74) is 0.544. The van der Waals surface area contributed by atoms with E-state index in [0.717, 1.165) is 6.42 Å². The molecule has 0 aliphatic carbocycles. The molecule has 1 N–H and O–H groups in total. The van der Waals surface area contributed by atoms with Gasteiger partial charge >= 0.3 is 0 Å². The van der Waals surface area contributed by atoms with Crippen LogP contribution in [0, 0.1) is 5.92 Å². The average Bonchev–Trinajstić information content (AvgIpc) is 2.77. The normalized spacial score (nSPS) is 20.1. The Labute approximate surface area is 98.9 Å². The van der Waals surface area contributed by atoms with Crippen LogP contribution < -0.4 is 0 Å². The Morgan fingerprint density at radius 3 is 3.00 bits per heavy atom. The lowest BCUT2D eigenvalue weighted by Crippen LogP contribution is -2.29. The fourth-order valence-electron chi connectivity index (χ4n) is 1.85. The van der Waals surface area contributed by atoms with Gasteiger partial charge in [-0.15, -0.1) is 0 Å². The molecule has 0 bridgehead atoms. The lowest BCUT2D eigenvalue weighted by molar-refractivity contribution is 0.0781. The molecule has 2 heterocycles. The molecule has 1 aromatic heterocycles. The molecule has 1 fully saturated rings. The predicted octanol–water partition coefficient (Wildman–Crippen LogP) is 1.19. The van der Waals surface area contributed by atoms with Gasteiger partial charge in [0.25, 0.3) is 5.91 Å². The van der Waals surface area contributed by atoms with Crippen molar-refractivity contribution in [3.63, 3.8) is 0 Å². The van der Waals surface area contributed by atoms with Crippen molar-refractivity contribution in [1.29, 1.82) is 0 Å². The van der Waals surface area contributed by atoms with Crippen molar-refractivity contribution in [2.75, 3.05) is 19.7 Å². The largest absolute Gasteiger partial charge is 0.396 e. The van der Waals surface area contributed by atoms with E-state index in [0.29, 0.717) is 23.8 Å². The van der Waals surface area contributed by atoms with Gasteiger partial charge in [-0.05, 0) is 18.6 Å². The van der Waals surface area contributed by atoms with Gasteiger partial charge in [0.05, 0.1) is 5.56 Å². The molecule has 1 atom stereocenters. The van der Waals surface area contributed by atoms with Crippen molar-refractivity contribution >= 4 is 17.5 Å². The molecule has 4 nitrogen and oxygen atoms in total. The number of hydrogen-bond acceptors (Lipinski definition) is 3. The smallest absolute Gasteiger partial charge is 0.255 e. The van der Waals surface area contributed by atoms with Crippen LogP contribution in [-0.2, 0) is 0 Å². The van der Waals surface area contributed by atoms with Gasteiger partial charge in [-0.1, -0.05) is 11.6 Å². The van der Waals surface area contributed by atoms with Crippen molar-refractivity contribution in [3.8, 4) is 0 Å². The fourth-order valence-corrected chi connectivity index (χ4v) is 1.96. The molecule has 1 aromatic rings. The first-order chi connectivity index (χ1) is 7.70. The minimum atomic E-state index is -0.0416. The van der Waals surface area contributed by atoms with Crippen LogP contribution in [-0.4, -0.2) is 40.6 Å². The van der Waals surface area contributed by atoms with Crippen LogP contribution >= 0.6 is 11.6 Å². The van der Waals surface area contributed by atoms with Crippen LogP contribution in [0.2, 0.25) is 5.15 Å². The van der Waals surface area contributed by atoms with Gasteiger partial charge in [0.2, 0.25) is 0 Å². The highest BCUT2D eigenvalue weighted by Crippen LogP contribution is 2.18. The summed E-state index contributed by atoms with van der Waals surface area (Å²) in [5.74, 6) is 0.171. The number of amides is 1. The second-order valence-electron chi connectivity index (χ2n) is 3.96. The summed E-state index contributed by atoms with van der Waals surface area (Å²) in [4.78, 5) is 17.6. The molecule has 0 saturated carbocycles. The van der Waals surface area contributed by atoms with E-state index in [4.69, 9.17) is 16.7 Å². The zero-order valence-corrected chi connectivity index (χ0v) is 9.52. The number of likely N-dealkylation sites (tertiary alicyclic amines) is 1. The first-order valence-corrected chi connectivity index (χ1v) is 5.60. The van der Waals surface area contributed by atoms with Crippen LogP contribution in [0.4, 0.5) is 0 Å². The number of hydrogen-bond donors (Lipinski definition) is 1. The molecule has 0 radical (unpaired) electrons. The molecule has 0 aromatic carbocycles. The van der Waals surface area contributed by atoms with E-state index in [1.165, 1.54) is 6.20 Å². The van der Waals surface area contributed by atoms with Crippen molar-refractivity contribution in [2.24, 2.45) is 5.92 Å². The number of halogens is 1. The van der Waals surface area contributed by atoms with E-state index in [2.05, 4.69) is 4.98 Å². The lowest BCUT2D eigenvalue weighted by Gasteiger charge is -2.15. The third kappa shape index (κ3) is 2.33. The topological polar surface area (TPSA) is 53.4 Å². The lowest BCUT2D eigenvalue weighted by atomic mass is 10.1. The molecule has 0 spiro atoms. The number of nitrogens with zero attached hydrogens (tertiary/aromatic N) is 2.